The van der Waals surface area contributed by atoms with E-state index in [4.69, 9.17) is 11.2 Å². The molecule has 1 rings (SSSR count). The van der Waals surface area contributed by atoms with Crippen molar-refractivity contribution in [3.8, 4) is 18.1 Å². The van der Waals surface area contributed by atoms with Gasteiger partial charge >= 0.3 is 0 Å². The van der Waals surface area contributed by atoms with E-state index in [9.17, 15) is 0 Å². The maximum atomic E-state index is 5.52. The highest BCUT2D eigenvalue weighted by Gasteiger charge is 1.93. The molecule has 0 aliphatic rings. The number of terminal acetylenes is 1. The lowest BCUT2D eigenvalue weighted by Gasteiger charge is -2.04. The Labute approximate surface area is 93.6 Å². The van der Waals surface area contributed by atoms with Gasteiger partial charge in [0.1, 0.15) is 5.75 Å². The van der Waals surface area contributed by atoms with Crippen molar-refractivity contribution in [1.29, 1.82) is 0 Å². The summed E-state index contributed by atoms with van der Waals surface area (Å²) in [5, 5.41) is 0. The molecule has 0 unspecified atom stereocenters. The van der Waals surface area contributed by atoms with Gasteiger partial charge < -0.3 is 4.74 Å². The molecule has 0 spiro atoms. The summed E-state index contributed by atoms with van der Waals surface area (Å²) < 4.78 is 6.58. The van der Waals surface area contributed by atoms with E-state index >= 15 is 0 Å². The second-order valence-electron chi connectivity index (χ2n) is 2.96. The van der Waals surface area contributed by atoms with Crippen LogP contribution in [0.25, 0.3) is 0 Å². The van der Waals surface area contributed by atoms with E-state index in [1.54, 1.807) is 0 Å². The second-order valence-corrected chi connectivity index (χ2v) is 3.88. The van der Waals surface area contributed by atoms with Crippen LogP contribution in [0.2, 0.25) is 0 Å². The van der Waals surface area contributed by atoms with Crippen LogP contribution in [0.4, 0.5) is 0 Å². The molecule has 0 aromatic heterocycles. The van der Waals surface area contributed by atoms with Crippen molar-refractivity contribution in [2.45, 2.75) is 19.3 Å². The molecule has 0 saturated carbocycles. The fourth-order valence-corrected chi connectivity index (χ4v) is 1.31. The lowest BCUT2D eigenvalue weighted by atomic mass is 10.2. The molecule has 0 saturated heterocycles. The molecule has 0 radical (unpaired) electrons. The van der Waals surface area contributed by atoms with Crippen LogP contribution in [0.5, 0.6) is 5.75 Å². The maximum Gasteiger partial charge on any atom is 0.119 e. The van der Waals surface area contributed by atoms with Crippen molar-refractivity contribution in [1.82, 2.24) is 0 Å². The predicted molar refractivity (Wildman–Crippen MR) is 62.3 cm³/mol. The summed E-state index contributed by atoms with van der Waals surface area (Å²) in [5.74, 6) is 3.52. The Balaban J connectivity index is 2.19. The molecule has 1 aromatic rings. The van der Waals surface area contributed by atoms with Crippen LogP contribution in [0.15, 0.2) is 28.7 Å². The molecule has 0 atom stereocenters. The first-order valence-corrected chi connectivity index (χ1v) is 5.44. The van der Waals surface area contributed by atoms with Crippen LogP contribution in [0.1, 0.15) is 19.3 Å². The van der Waals surface area contributed by atoms with E-state index in [1.165, 1.54) is 0 Å². The normalized spacial score (nSPS) is 9.43. The molecule has 0 heterocycles. The Morgan fingerprint density at radius 2 is 1.93 bits per heavy atom. The van der Waals surface area contributed by atoms with Crippen LogP contribution in [-0.4, -0.2) is 6.61 Å². The first-order valence-electron chi connectivity index (χ1n) is 4.65. The van der Waals surface area contributed by atoms with Gasteiger partial charge in [0.05, 0.1) is 6.61 Å². The summed E-state index contributed by atoms with van der Waals surface area (Å²) in [4.78, 5) is 0. The Hall–Kier alpha value is -0.940. The number of halogens is 1. The third-order valence-electron chi connectivity index (χ3n) is 1.80. The van der Waals surface area contributed by atoms with Gasteiger partial charge in [-0.3, -0.25) is 0 Å². The first-order chi connectivity index (χ1) is 6.83. The summed E-state index contributed by atoms with van der Waals surface area (Å²) in [6.07, 6.45) is 8.03. The molecule has 0 aliphatic carbocycles. The standard InChI is InChI=1S/C12H13BrO/c1-2-3-4-5-10-14-12-8-6-11(13)7-9-12/h1,6-9H,3-5,10H2. The average molecular weight is 253 g/mol. The lowest BCUT2D eigenvalue weighted by Crippen LogP contribution is -1.96. The number of unbranched alkanes of at least 4 members (excludes halogenated alkanes) is 2. The maximum absolute atomic E-state index is 5.52. The van der Waals surface area contributed by atoms with Gasteiger partial charge in [0.15, 0.2) is 0 Å². The van der Waals surface area contributed by atoms with Gasteiger partial charge in [-0.05, 0) is 37.1 Å². The molecule has 74 valence electrons. The van der Waals surface area contributed by atoms with Crippen LogP contribution in [-0.2, 0) is 0 Å². The minimum Gasteiger partial charge on any atom is -0.494 e. The van der Waals surface area contributed by atoms with Gasteiger partial charge in [-0.1, -0.05) is 15.9 Å². The number of benzene rings is 1. The monoisotopic (exact) mass is 252 g/mol. The highest BCUT2D eigenvalue weighted by molar-refractivity contribution is 9.10. The fourth-order valence-electron chi connectivity index (χ4n) is 1.05. The quantitative estimate of drug-likeness (QED) is 0.575. The largest absolute Gasteiger partial charge is 0.494 e. The van der Waals surface area contributed by atoms with Crippen molar-refractivity contribution < 1.29 is 4.74 Å². The summed E-state index contributed by atoms with van der Waals surface area (Å²) in [5.41, 5.74) is 0. The van der Waals surface area contributed by atoms with Crippen molar-refractivity contribution in [2.75, 3.05) is 6.61 Å². The summed E-state index contributed by atoms with van der Waals surface area (Å²) in [6.45, 7) is 0.739. The molecule has 0 aliphatic heterocycles. The van der Waals surface area contributed by atoms with E-state index in [1.807, 2.05) is 24.3 Å². The Morgan fingerprint density at radius 1 is 1.21 bits per heavy atom. The van der Waals surface area contributed by atoms with Crippen LogP contribution in [0, 0.1) is 12.3 Å². The van der Waals surface area contributed by atoms with E-state index in [0.717, 1.165) is 36.1 Å². The smallest absolute Gasteiger partial charge is 0.119 e. The van der Waals surface area contributed by atoms with Crippen molar-refractivity contribution >= 4 is 15.9 Å². The highest BCUT2D eigenvalue weighted by atomic mass is 79.9. The topological polar surface area (TPSA) is 9.23 Å². The molecule has 2 heteroatoms. The molecule has 0 amide bonds. The van der Waals surface area contributed by atoms with E-state index < -0.39 is 0 Å². The Bertz CT molecular complexity index is 297. The SMILES string of the molecule is C#CCCCCOc1ccc(Br)cc1. The van der Waals surface area contributed by atoms with Crippen molar-refractivity contribution in [3.63, 3.8) is 0 Å². The van der Waals surface area contributed by atoms with Crippen LogP contribution >= 0.6 is 15.9 Å². The minimum absolute atomic E-state index is 0.739. The molecular weight excluding hydrogens is 240 g/mol. The number of hydrogen-bond donors (Lipinski definition) is 0. The first kappa shape index (κ1) is 11.1. The van der Waals surface area contributed by atoms with Gasteiger partial charge in [-0.25, -0.2) is 0 Å². The van der Waals surface area contributed by atoms with Crippen LogP contribution in [0.3, 0.4) is 0 Å². The zero-order chi connectivity index (χ0) is 10.2. The van der Waals surface area contributed by atoms with E-state index in [-0.39, 0.29) is 0 Å². The lowest BCUT2D eigenvalue weighted by molar-refractivity contribution is 0.307. The fraction of sp³-hybridized carbons (Fsp3) is 0.333. The van der Waals surface area contributed by atoms with Gasteiger partial charge in [-0.2, -0.15) is 0 Å². The molecule has 1 nitrogen and oxygen atoms in total. The zero-order valence-corrected chi connectivity index (χ0v) is 9.59. The number of rotatable bonds is 5. The summed E-state index contributed by atoms with van der Waals surface area (Å²) >= 11 is 3.37. The Kier molecular flexibility index (Phi) is 5.17. The van der Waals surface area contributed by atoms with Gasteiger partial charge in [-0.15, -0.1) is 12.3 Å². The molecule has 1 aromatic carbocycles. The number of ether oxygens (including phenoxy) is 1. The van der Waals surface area contributed by atoms with E-state index in [0.29, 0.717) is 0 Å². The minimum atomic E-state index is 0.739. The zero-order valence-electron chi connectivity index (χ0n) is 8.00. The molecule has 14 heavy (non-hydrogen) atoms. The predicted octanol–water partition coefficient (Wildman–Crippen LogP) is 3.63. The summed E-state index contributed by atoms with van der Waals surface area (Å²) in [6, 6.07) is 7.84. The molecule has 0 bridgehead atoms. The highest BCUT2D eigenvalue weighted by Crippen LogP contribution is 2.16. The van der Waals surface area contributed by atoms with Gasteiger partial charge in [0, 0.05) is 10.9 Å². The third-order valence-corrected chi connectivity index (χ3v) is 2.33. The van der Waals surface area contributed by atoms with E-state index in [2.05, 4.69) is 21.9 Å². The molecular formula is C12H13BrO. The number of hydrogen-bond acceptors (Lipinski definition) is 1. The average Bonchev–Trinajstić information content (AvgIpc) is 2.21. The van der Waals surface area contributed by atoms with Crippen molar-refractivity contribution in [2.24, 2.45) is 0 Å². The third kappa shape index (κ3) is 4.34. The van der Waals surface area contributed by atoms with Gasteiger partial charge in [0.25, 0.3) is 0 Å². The van der Waals surface area contributed by atoms with Crippen molar-refractivity contribution in [3.05, 3.63) is 28.7 Å². The van der Waals surface area contributed by atoms with Gasteiger partial charge in [0.2, 0.25) is 0 Å². The molecule has 0 N–H and O–H groups in total. The van der Waals surface area contributed by atoms with Crippen LogP contribution < -0.4 is 4.74 Å². The summed E-state index contributed by atoms with van der Waals surface area (Å²) in [7, 11) is 0. The molecule has 0 fully saturated rings. The second kappa shape index (κ2) is 6.50. The Morgan fingerprint density at radius 3 is 2.57 bits per heavy atom.